The number of hydrogen-bond donors (Lipinski definition) is 1. The Labute approximate surface area is 118 Å². The van der Waals surface area contributed by atoms with Gasteiger partial charge in [0.2, 0.25) is 0 Å². The number of hydrogen-bond acceptors (Lipinski definition) is 5. The molecule has 1 aliphatic rings. The zero-order valence-corrected chi connectivity index (χ0v) is 11.2. The van der Waals surface area contributed by atoms with Crippen molar-refractivity contribution in [2.24, 2.45) is 4.99 Å². The summed E-state index contributed by atoms with van der Waals surface area (Å²) in [5.74, 6) is -4.95. The highest BCUT2D eigenvalue weighted by Crippen LogP contribution is 2.32. The van der Waals surface area contributed by atoms with Crippen LogP contribution in [0.25, 0.3) is 10.2 Å². The molecule has 104 valence electrons. The second-order valence-corrected chi connectivity index (χ2v) is 5.96. The standard InChI is InChI=1S/C11H5F3N2O2S2/c12-3-1-4-8(7(14)6(3)13)20-10(15-4)9-16-5(2-19-9)11(17)18/h1,5H,2H2,(H,17,18). The molecule has 2 heterocycles. The van der Waals surface area contributed by atoms with Gasteiger partial charge in [-0.05, 0) is 0 Å². The first-order valence-corrected chi connectivity index (χ1v) is 7.15. The molecule has 1 aromatic carbocycles. The van der Waals surface area contributed by atoms with E-state index >= 15 is 0 Å². The average molecular weight is 318 g/mol. The van der Waals surface area contributed by atoms with E-state index in [0.29, 0.717) is 5.04 Å². The largest absolute Gasteiger partial charge is 0.480 e. The lowest BCUT2D eigenvalue weighted by atomic mass is 10.3. The third-order valence-electron chi connectivity index (χ3n) is 2.64. The normalized spacial score (nSPS) is 18.6. The minimum atomic E-state index is -1.54. The molecule has 1 atom stereocenters. The quantitative estimate of drug-likeness (QED) is 0.865. The second-order valence-electron chi connectivity index (χ2n) is 3.95. The molecule has 0 amide bonds. The molecule has 0 fully saturated rings. The van der Waals surface area contributed by atoms with E-state index < -0.39 is 29.5 Å². The van der Waals surface area contributed by atoms with Crippen molar-refractivity contribution >= 4 is 44.3 Å². The zero-order valence-electron chi connectivity index (χ0n) is 9.56. The molecule has 0 saturated carbocycles. The summed E-state index contributed by atoms with van der Waals surface area (Å²) >= 11 is 1.99. The van der Waals surface area contributed by atoms with E-state index in [1.54, 1.807) is 0 Å². The van der Waals surface area contributed by atoms with E-state index in [2.05, 4.69) is 9.98 Å². The minimum Gasteiger partial charge on any atom is -0.480 e. The predicted octanol–water partition coefficient (Wildman–Crippen LogP) is 2.66. The number of carbonyl (C=O) groups is 1. The first-order valence-electron chi connectivity index (χ1n) is 5.35. The molecule has 20 heavy (non-hydrogen) atoms. The summed E-state index contributed by atoms with van der Waals surface area (Å²) in [6.45, 7) is 0. The Balaban J connectivity index is 2.09. The highest BCUT2D eigenvalue weighted by Gasteiger charge is 2.27. The van der Waals surface area contributed by atoms with Crippen molar-refractivity contribution < 1.29 is 23.1 Å². The van der Waals surface area contributed by atoms with Crippen LogP contribution in [0.1, 0.15) is 5.01 Å². The third kappa shape index (κ3) is 2.06. The van der Waals surface area contributed by atoms with E-state index in [1.807, 2.05) is 0 Å². The van der Waals surface area contributed by atoms with Crippen LogP contribution in [0.15, 0.2) is 11.1 Å². The fourth-order valence-corrected chi connectivity index (χ4v) is 3.76. The maximum Gasteiger partial charge on any atom is 0.329 e. The number of aromatic nitrogens is 1. The van der Waals surface area contributed by atoms with Gasteiger partial charge in [-0.3, -0.25) is 4.99 Å². The second kappa shape index (κ2) is 4.74. The average Bonchev–Trinajstić information content (AvgIpc) is 3.01. The Morgan fingerprint density at radius 3 is 2.75 bits per heavy atom. The SMILES string of the molecule is O=C(O)C1CSC(c2nc3cc(F)c(F)c(F)c3s2)=N1. The van der Waals surface area contributed by atoms with E-state index in [1.165, 1.54) is 11.8 Å². The Morgan fingerprint density at radius 1 is 1.35 bits per heavy atom. The molecule has 4 nitrogen and oxygen atoms in total. The Hall–Kier alpha value is -1.61. The summed E-state index contributed by atoms with van der Waals surface area (Å²) in [5.41, 5.74) is -0.0107. The van der Waals surface area contributed by atoms with Crippen LogP contribution in [0.3, 0.4) is 0 Å². The van der Waals surface area contributed by atoms with Gasteiger partial charge in [-0.1, -0.05) is 0 Å². The number of benzene rings is 1. The fraction of sp³-hybridized carbons (Fsp3) is 0.182. The smallest absolute Gasteiger partial charge is 0.329 e. The van der Waals surface area contributed by atoms with Gasteiger partial charge < -0.3 is 5.11 Å². The highest BCUT2D eigenvalue weighted by molar-refractivity contribution is 8.15. The number of halogens is 3. The monoisotopic (exact) mass is 318 g/mol. The lowest BCUT2D eigenvalue weighted by Crippen LogP contribution is -2.17. The molecule has 0 radical (unpaired) electrons. The van der Waals surface area contributed by atoms with Gasteiger partial charge in [0.1, 0.15) is 10.1 Å². The molecule has 1 aliphatic heterocycles. The molecule has 0 saturated heterocycles. The molecule has 1 N–H and O–H groups in total. The van der Waals surface area contributed by atoms with Crippen LogP contribution in [0, 0.1) is 17.5 Å². The summed E-state index contributed by atoms with van der Waals surface area (Å²) in [5, 5.41) is 9.45. The zero-order chi connectivity index (χ0) is 14.4. The Morgan fingerprint density at radius 2 is 2.10 bits per heavy atom. The van der Waals surface area contributed by atoms with E-state index in [-0.39, 0.29) is 21.0 Å². The first-order chi connectivity index (χ1) is 9.47. The number of rotatable bonds is 2. The number of aliphatic carboxylic acids is 1. The number of aliphatic imine (C=N–C) groups is 1. The summed E-state index contributed by atoms with van der Waals surface area (Å²) in [7, 11) is 0. The molecule has 1 unspecified atom stereocenters. The van der Waals surface area contributed by atoms with Gasteiger partial charge in [0.15, 0.2) is 23.5 Å². The number of fused-ring (bicyclic) bond motifs is 1. The van der Waals surface area contributed by atoms with Gasteiger partial charge in [-0.15, -0.1) is 23.1 Å². The van der Waals surface area contributed by atoms with Crippen LogP contribution in [-0.4, -0.2) is 32.9 Å². The molecular weight excluding hydrogens is 313 g/mol. The van der Waals surface area contributed by atoms with Crippen molar-refractivity contribution in [3.8, 4) is 0 Å². The van der Waals surface area contributed by atoms with E-state index in [0.717, 1.165) is 17.4 Å². The molecule has 1 aromatic heterocycles. The summed E-state index contributed by atoms with van der Waals surface area (Å²) in [4.78, 5) is 18.7. The summed E-state index contributed by atoms with van der Waals surface area (Å²) in [6, 6.07) is -0.0666. The van der Waals surface area contributed by atoms with Crippen molar-refractivity contribution in [3.05, 3.63) is 28.5 Å². The molecule has 0 bridgehead atoms. The fourth-order valence-electron chi connectivity index (χ4n) is 1.68. The van der Waals surface area contributed by atoms with E-state index in [9.17, 15) is 18.0 Å². The van der Waals surface area contributed by atoms with Crippen molar-refractivity contribution in [3.63, 3.8) is 0 Å². The number of thioether (sulfide) groups is 1. The van der Waals surface area contributed by atoms with Gasteiger partial charge in [-0.2, -0.15) is 0 Å². The first kappa shape index (κ1) is 13.4. The van der Waals surface area contributed by atoms with Gasteiger partial charge in [0.05, 0.1) is 10.2 Å². The number of nitrogens with zero attached hydrogens (tertiary/aromatic N) is 2. The maximum absolute atomic E-state index is 13.6. The van der Waals surface area contributed by atoms with Crippen LogP contribution in [0.4, 0.5) is 13.2 Å². The molecule has 9 heteroatoms. The van der Waals surface area contributed by atoms with Crippen molar-refractivity contribution in [2.45, 2.75) is 6.04 Å². The number of carboxylic acids is 1. The van der Waals surface area contributed by atoms with Crippen molar-refractivity contribution in [1.82, 2.24) is 4.98 Å². The van der Waals surface area contributed by atoms with Gasteiger partial charge in [0.25, 0.3) is 0 Å². The number of thiazole rings is 1. The van der Waals surface area contributed by atoms with Crippen LogP contribution < -0.4 is 0 Å². The molecule has 2 aromatic rings. The Kier molecular flexibility index (Phi) is 3.17. The van der Waals surface area contributed by atoms with Crippen LogP contribution in [0.2, 0.25) is 0 Å². The topological polar surface area (TPSA) is 62.5 Å². The van der Waals surface area contributed by atoms with Crippen LogP contribution in [0.5, 0.6) is 0 Å². The predicted molar refractivity (Wildman–Crippen MR) is 69.9 cm³/mol. The maximum atomic E-state index is 13.6. The van der Waals surface area contributed by atoms with Gasteiger partial charge in [0, 0.05) is 11.8 Å². The molecule has 0 spiro atoms. The van der Waals surface area contributed by atoms with Gasteiger partial charge >= 0.3 is 5.97 Å². The number of carboxylic acid groups (broad SMARTS) is 1. The summed E-state index contributed by atoms with van der Waals surface area (Å²) < 4.78 is 39.7. The Bertz CT molecular complexity index is 760. The lowest BCUT2D eigenvalue weighted by molar-refractivity contribution is -0.137. The van der Waals surface area contributed by atoms with E-state index in [4.69, 9.17) is 5.11 Å². The van der Waals surface area contributed by atoms with Crippen molar-refractivity contribution in [1.29, 1.82) is 0 Å². The molecule has 3 rings (SSSR count). The third-order valence-corrected chi connectivity index (χ3v) is 4.89. The highest BCUT2D eigenvalue weighted by atomic mass is 32.2. The lowest BCUT2D eigenvalue weighted by Gasteiger charge is -1.94. The van der Waals surface area contributed by atoms with Gasteiger partial charge in [-0.25, -0.2) is 22.9 Å². The van der Waals surface area contributed by atoms with Crippen LogP contribution >= 0.6 is 23.1 Å². The summed E-state index contributed by atoms with van der Waals surface area (Å²) in [6.07, 6.45) is 0. The minimum absolute atomic E-state index is 0.0107. The van der Waals surface area contributed by atoms with Crippen molar-refractivity contribution in [2.75, 3.05) is 5.75 Å². The molecular formula is C11H5F3N2O2S2. The van der Waals surface area contributed by atoms with Crippen LogP contribution in [-0.2, 0) is 4.79 Å². The molecule has 0 aliphatic carbocycles.